The predicted octanol–water partition coefficient (Wildman–Crippen LogP) is 3.72. The Kier molecular flexibility index (Phi) is 6.45. The molecule has 0 bridgehead atoms. The van der Waals surface area contributed by atoms with Crippen LogP contribution in [-0.4, -0.2) is 46.0 Å². The first kappa shape index (κ1) is 21.0. The Bertz CT molecular complexity index is 1160. The lowest BCUT2D eigenvalue weighted by Gasteiger charge is -2.13. The first-order valence-corrected chi connectivity index (χ1v) is 10.7. The third-order valence-electron chi connectivity index (χ3n) is 4.70. The lowest BCUT2D eigenvalue weighted by atomic mass is 10.1. The minimum atomic E-state index is -0.825. The molecule has 0 aliphatic heterocycles. The molecular formula is C20H22ClFN6OS. The van der Waals surface area contributed by atoms with E-state index in [-0.39, 0.29) is 0 Å². The molecule has 0 spiro atoms. The highest BCUT2D eigenvalue weighted by atomic mass is 35.5. The molecule has 0 saturated carbocycles. The SMILES string of the molecule is Cn1c(Nc2nc3ccc(Cl)cc3s2)nc2cc(C(O)NCCNCCF)ccc21. The fourth-order valence-electron chi connectivity index (χ4n) is 3.15. The van der Waals surface area contributed by atoms with Gasteiger partial charge in [0.1, 0.15) is 12.9 Å². The Balaban J connectivity index is 1.50. The maximum absolute atomic E-state index is 12.1. The highest BCUT2D eigenvalue weighted by Crippen LogP contribution is 2.31. The number of nitrogens with zero attached hydrogens (tertiary/aromatic N) is 3. The summed E-state index contributed by atoms with van der Waals surface area (Å²) < 4.78 is 15.0. The molecule has 0 amide bonds. The summed E-state index contributed by atoms with van der Waals surface area (Å²) in [7, 11) is 1.92. The van der Waals surface area contributed by atoms with Crippen molar-refractivity contribution in [1.29, 1.82) is 0 Å². The van der Waals surface area contributed by atoms with E-state index in [1.165, 1.54) is 11.3 Å². The van der Waals surface area contributed by atoms with Crippen LogP contribution in [0, 0.1) is 0 Å². The summed E-state index contributed by atoms with van der Waals surface area (Å²) in [4.78, 5) is 9.24. The number of alkyl halides is 1. The van der Waals surface area contributed by atoms with Crippen molar-refractivity contribution < 1.29 is 9.50 Å². The van der Waals surface area contributed by atoms with Gasteiger partial charge in [-0.15, -0.1) is 0 Å². The van der Waals surface area contributed by atoms with Gasteiger partial charge < -0.3 is 20.3 Å². The number of thiazole rings is 1. The monoisotopic (exact) mass is 448 g/mol. The van der Waals surface area contributed by atoms with Crippen molar-refractivity contribution in [2.24, 2.45) is 7.05 Å². The van der Waals surface area contributed by atoms with Crippen molar-refractivity contribution in [2.45, 2.75) is 6.23 Å². The highest BCUT2D eigenvalue weighted by molar-refractivity contribution is 7.22. The molecule has 4 rings (SSSR count). The van der Waals surface area contributed by atoms with Crippen molar-refractivity contribution in [3.8, 4) is 0 Å². The maximum atomic E-state index is 12.1. The second-order valence-corrected chi connectivity index (χ2v) is 8.26. The van der Waals surface area contributed by atoms with E-state index in [4.69, 9.17) is 11.6 Å². The summed E-state index contributed by atoms with van der Waals surface area (Å²) in [5, 5.41) is 21.0. The van der Waals surface area contributed by atoms with Crippen molar-refractivity contribution in [2.75, 3.05) is 31.6 Å². The van der Waals surface area contributed by atoms with Gasteiger partial charge in [0.15, 0.2) is 5.13 Å². The Morgan fingerprint density at radius 1 is 1.13 bits per heavy atom. The molecule has 2 aromatic carbocycles. The van der Waals surface area contributed by atoms with E-state index in [1.54, 1.807) is 0 Å². The van der Waals surface area contributed by atoms with Gasteiger partial charge in [-0.1, -0.05) is 29.0 Å². The van der Waals surface area contributed by atoms with Crippen molar-refractivity contribution >= 4 is 55.3 Å². The van der Waals surface area contributed by atoms with Crippen LogP contribution in [0.1, 0.15) is 11.8 Å². The van der Waals surface area contributed by atoms with Gasteiger partial charge in [0.25, 0.3) is 0 Å². The smallest absolute Gasteiger partial charge is 0.209 e. The van der Waals surface area contributed by atoms with Crippen LogP contribution in [0.5, 0.6) is 0 Å². The van der Waals surface area contributed by atoms with E-state index in [0.29, 0.717) is 36.2 Å². The summed E-state index contributed by atoms with van der Waals surface area (Å²) in [5.41, 5.74) is 3.29. The largest absolute Gasteiger partial charge is 0.374 e. The van der Waals surface area contributed by atoms with Crippen LogP contribution in [0.15, 0.2) is 36.4 Å². The van der Waals surface area contributed by atoms with Gasteiger partial charge in [-0.3, -0.25) is 5.32 Å². The fraction of sp³-hybridized carbons (Fsp3) is 0.300. The first-order valence-electron chi connectivity index (χ1n) is 9.53. The van der Waals surface area contributed by atoms with E-state index in [0.717, 1.165) is 26.4 Å². The standard InChI is InChI=1S/C20H22ClFN6OS/c1-28-16-5-2-12(18(29)24-9-8-23-7-6-22)10-15(16)25-19(28)27-20-26-14-4-3-13(21)11-17(14)30-20/h2-5,10-11,18,23-24,29H,6-9H2,1H3,(H,25,26,27). The molecule has 30 heavy (non-hydrogen) atoms. The number of benzene rings is 2. The molecular weight excluding hydrogens is 427 g/mol. The Labute approximate surface area is 181 Å². The molecule has 7 nitrogen and oxygen atoms in total. The molecule has 1 unspecified atom stereocenters. The predicted molar refractivity (Wildman–Crippen MR) is 120 cm³/mol. The maximum Gasteiger partial charge on any atom is 0.209 e. The molecule has 0 aliphatic rings. The molecule has 0 aliphatic carbocycles. The minimum absolute atomic E-state index is 0.315. The number of imidazole rings is 1. The van der Waals surface area contributed by atoms with Gasteiger partial charge in [-0.25, -0.2) is 14.4 Å². The summed E-state index contributed by atoms with van der Waals surface area (Å²) in [6, 6.07) is 11.2. The topological polar surface area (TPSA) is 87.0 Å². The van der Waals surface area contributed by atoms with E-state index in [9.17, 15) is 9.50 Å². The average Bonchev–Trinajstić information content (AvgIpc) is 3.27. The van der Waals surface area contributed by atoms with Gasteiger partial charge in [0.05, 0.1) is 21.3 Å². The van der Waals surface area contributed by atoms with E-state index in [1.807, 2.05) is 48.0 Å². The van der Waals surface area contributed by atoms with Crippen molar-refractivity contribution in [3.05, 3.63) is 47.0 Å². The second kappa shape index (κ2) is 9.23. The zero-order valence-corrected chi connectivity index (χ0v) is 17.9. The summed E-state index contributed by atoms with van der Waals surface area (Å²) in [6.45, 7) is 1.01. The number of aliphatic hydroxyl groups is 1. The zero-order valence-electron chi connectivity index (χ0n) is 16.3. The molecule has 2 heterocycles. The van der Waals surface area contributed by atoms with Gasteiger partial charge in [0, 0.05) is 31.7 Å². The third-order valence-corrected chi connectivity index (χ3v) is 5.87. The normalized spacial score (nSPS) is 12.7. The van der Waals surface area contributed by atoms with Crippen LogP contribution in [0.25, 0.3) is 21.3 Å². The molecule has 158 valence electrons. The Morgan fingerprint density at radius 3 is 2.83 bits per heavy atom. The number of aryl methyl sites for hydroxylation is 1. The average molecular weight is 449 g/mol. The zero-order chi connectivity index (χ0) is 21.1. The highest BCUT2D eigenvalue weighted by Gasteiger charge is 2.13. The van der Waals surface area contributed by atoms with Gasteiger partial charge in [0.2, 0.25) is 5.95 Å². The van der Waals surface area contributed by atoms with E-state index >= 15 is 0 Å². The number of aromatic nitrogens is 3. The number of nitrogens with one attached hydrogen (secondary N) is 3. The van der Waals surface area contributed by atoms with Crippen LogP contribution in [0.4, 0.5) is 15.5 Å². The van der Waals surface area contributed by atoms with E-state index in [2.05, 4.69) is 25.9 Å². The van der Waals surface area contributed by atoms with Crippen LogP contribution >= 0.6 is 22.9 Å². The van der Waals surface area contributed by atoms with Gasteiger partial charge in [-0.05, 0) is 35.9 Å². The lowest BCUT2D eigenvalue weighted by Crippen LogP contribution is -2.31. The molecule has 0 saturated heterocycles. The fourth-order valence-corrected chi connectivity index (χ4v) is 4.29. The molecule has 2 aromatic heterocycles. The molecule has 0 radical (unpaired) electrons. The summed E-state index contributed by atoms with van der Waals surface area (Å²) in [6.07, 6.45) is -0.825. The van der Waals surface area contributed by atoms with Crippen molar-refractivity contribution in [3.63, 3.8) is 0 Å². The van der Waals surface area contributed by atoms with Crippen LogP contribution in [0.3, 0.4) is 0 Å². The van der Waals surface area contributed by atoms with Crippen LogP contribution in [0.2, 0.25) is 5.02 Å². The number of halogens is 2. The molecule has 10 heteroatoms. The van der Waals surface area contributed by atoms with Crippen LogP contribution in [-0.2, 0) is 7.05 Å². The molecule has 4 aromatic rings. The number of fused-ring (bicyclic) bond motifs is 2. The number of aliphatic hydroxyl groups excluding tert-OH is 1. The molecule has 1 atom stereocenters. The molecule has 0 fully saturated rings. The van der Waals surface area contributed by atoms with Gasteiger partial charge >= 0.3 is 0 Å². The first-order chi connectivity index (χ1) is 14.5. The molecule has 4 N–H and O–H groups in total. The quantitative estimate of drug-likeness (QED) is 0.230. The number of rotatable bonds is 9. The van der Waals surface area contributed by atoms with Crippen molar-refractivity contribution in [1.82, 2.24) is 25.2 Å². The number of hydrogen-bond donors (Lipinski definition) is 4. The lowest BCUT2D eigenvalue weighted by molar-refractivity contribution is 0.140. The van der Waals surface area contributed by atoms with E-state index < -0.39 is 12.9 Å². The minimum Gasteiger partial charge on any atom is -0.374 e. The summed E-state index contributed by atoms with van der Waals surface area (Å²) >= 11 is 7.57. The Morgan fingerprint density at radius 2 is 2.00 bits per heavy atom. The number of hydrogen-bond acceptors (Lipinski definition) is 7. The van der Waals surface area contributed by atoms with Crippen LogP contribution < -0.4 is 16.0 Å². The Hall–Kier alpha value is -2.30. The third kappa shape index (κ3) is 4.55. The summed E-state index contributed by atoms with van der Waals surface area (Å²) in [5.74, 6) is 0.658. The van der Waals surface area contributed by atoms with Gasteiger partial charge in [-0.2, -0.15) is 0 Å². The number of anilines is 2. The second-order valence-electron chi connectivity index (χ2n) is 6.79.